The highest BCUT2D eigenvalue weighted by Gasteiger charge is 2.14. The zero-order valence-electron chi connectivity index (χ0n) is 25.8. The molecule has 40 heavy (non-hydrogen) atoms. The molecular weight excluding hydrogens is 483 g/mol. The Morgan fingerprint density at radius 3 is 1.65 bits per heavy atom. The molecule has 0 atom stereocenters. The molecule has 10 radical (unpaired) electrons. The van der Waals surface area contributed by atoms with Crippen LogP contribution < -0.4 is 10.6 Å². The van der Waals surface area contributed by atoms with E-state index in [4.69, 9.17) is 38.7 Å². The molecule has 2 N–H and O–H groups in total. The molecule has 0 saturated heterocycles. The van der Waals surface area contributed by atoms with Gasteiger partial charge < -0.3 is 10.6 Å². The summed E-state index contributed by atoms with van der Waals surface area (Å²) in [4.78, 5) is 22.5. The average molecular weight is 529 g/mol. The molecule has 0 heterocycles. The van der Waals surface area contributed by atoms with Crippen molar-refractivity contribution in [1.82, 2.24) is 10.6 Å². The highest BCUT2D eigenvalue weighted by atomic mass is 16.2. The summed E-state index contributed by atoms with van der Waals surface area (Å²) in [6, 6.07) is 0. The molecular formula is C28H46B8N2O2. The predicted octanol–water partition coefficient (Wildman–Crippen LogP) is 3.41. The number of hydrogen-bond donors (Lipinski definition) is 2. The summed E-state index contributed by atoms with van der Waals surface area (Å²) in [5.41, 5.74) is 0. The van der Waals surface area contributed by atoms with Gasteiger partial charge in [0.25, 0.3) is 0 Å². The summed E-state index contributed by atoms with van der Waals surface area (Å²) in [6.07, 6.45) is 25.0. The van der Waals surface area contributed by atoms with E-state index in [1.54, 1.807) is 6.08 Å². The fourth-order valence-corrected chi connectivity index (χ4v) is 2.31. The quantitative estimate of drug-likeness (QED) is 0.106. The van der Waals surface area contributed by atoms with Crippen LogP contribution in [-0.2, 0) is 9.59 Å². The van der Waals surface area contributed by atoms with Gasteiger partial charge in [0, 0.05) is 77.4 Å². The van der Waals surface area contributed by atoms with Gasteiger partial charge in [-0.25, -0.2) is 0 Å². The number of allylic oxidation sites excluding steroid dienone is 10. The molecule has 0 bridgehead atoms. The van der Waals surface area contributed by atoms with E-state index >= 15 is 0 Å². The molecule has 12 heteroatoms. The molecule has 0 spiro atoms. The van der Waals surface area contributed by atoms with Crippen molar-refractivity contribution in [2.75, 3.05) is 13.1 Å². The minimum Gasteiger partial charge on any atom is -0.356 e. The number of carbonyl (C=O) groups excluding carboxylic acids is 2. The van der Waals surface area contributed by atoms with Crippen LogP contribution in [0.3, 0.4) is 0 Å². The number of hydrogen-bond acceptors (Lipinski definition) is 2. The minimum atomic E-state index is -0.630. The van der Waals surface area contributed by atoms with Crippen LogP contribution in [-0.4, -0.2) is 82.7 Å². The molecule has 204 valence electrons. The molecule has 4 nitrogen and oxygen atoms in total. The van der Waals surface area contributed by atoms with Crippen molar-refractivity contribution in [2.24, 2.45) is 11.8 Å². The first kappa shape index (κ1) is 42.4. The van der Waals surface area contributed by atoms with Crippen LogP contribution in [0.25, 0.3) is 0 Å². The van der Waals surface area contributed by atoms with Crippen LogP contribution in [0.2, 0.25) is 0 Å². The molecule has 0 saturated carbocycles. The zero-order valence-corrected chi connectivity index (χ0v) is 25.8. The highest BCUT2D eigenvalue weighted by Crippen LogP contribution is 1.94. The fourth-order valence-electron chi connectivity index (χ4n) is 2.31. The van der Waals surface area contributed by atoms with E-state index in [9.17, 15) is 9.59 Å². The lowest BCUT2D eigenvalue weighted by Gasteiger charge is -2.13. The molecule has 0 fully saturated rings. The normalized spacial score (nSPS) is 11.4. The molecule has 0 rings (SSSR count). The predicted molar refractivity (Wildman–Crippen MR) is 186 cm³/mol. The number of nitrogens with one attached hydrogen (secondary N) is 2. The van der Waals surface area contributed by atoms with Gasteiger partial charge in [-0.3, -0.25) is 9.59 Å². The third kappa shape index (κ3) is 38.0. The van der Waals surface area contributed by atoms with E-state index in [1.165, 1.54) is 0 Å². The van der Waals surface area contributed by atoms with Gasteiger partial charge in [0.05, 0.1) is 0 Å². The average Bonchev–Trinajstić information content (AvgIpc) is 2.89. The Hall–Kier alpha value is -2.10. The summed E-state index contributed by atoms with van der Waals surface area (Å²) in [5, 5.41) is 5.71. The van der Waals surface area contributed by atoms with Crippen molar-refractivity contribution < 1.29 is 9.59 Å². The number of rotatable bonds is 16. The maximum Gasteiger partial charge on any atom is 0.243 e. The topological polar surface area (TPSA) is 58.2 Å². The third-order valence-electron chi connectivity index (χ3n) is 4.67. The summed E-state index contributed by atoms with van der Waals surface area (Å²) < 4.78 is 0. The molecule has 0 aromatic heterocycles. The molecule has 0 aliphatic carbocycles. The Balaban J connectivity index is -0.000000543. The smallest absolute Gasteiger partial charge is 0.243 e. The zero-order chi connectivity index (χ0) is 31.2. The van der Waals surface area contributed by atoms with Crippen LogP contribution in [0, 0.1) is 11.8 Å². The molecule has 0 aliphatic rings. The summed E-state index contributed by atoms with van der Waals surface area (Å²) in [7, 11) is 25.8. The van der Waals surface area contributed by atoms with Crippen molar-refractivity contribution in [2.45, 2.75) is 67.2 Å². The Bertz CT molecular complexity index is 785. The lowest BCUT2D eigenvalue weighted by atomic mass is 8.68. The van der Waals surface area contributed by atoms with E-state index in [0.29, 0.717) is 18.3 Å². The SMILES string of the molecule is C/C=C/C=C\C/C=C/CC(=O)NCC(C)C.C/C=C/C=C\CC/C=C/C(=O)NCC(C)C.[B]B([B])B([B])B([B])[B]. The number of unbranched alkanes of at least 4 members (excludes halogenated alkanes) is 1. The van der Waals surface area contributed by atoms with E-state index in [1.807, 2.05) is 68.5 Å². The van der Waals surface area contributed by atoms with Crippen LogP contribution in [0.15, 0.2) is 72.9 Å². The number of carbonyl (C=O) groups is 2. The van der Waals surface area contributed by atoms with Gasteiger partial charge >= 0.3 is 0 Å². The van der Waals surface area contributed by atoms with Crippen LogP contribution >= 0.6 is 0 Å². The largest absolute Gasteiger partial charge is 0.356 e. The Morgan fingerprint density at radius 1 is 0.675 bits per heavy atom. The molecule has 0 aromatic carbocycles. The van der Waals surface area contributed by atoms with Crippen molar-refractivity contribution >= 4 is 69.7 Å². The second kappa shape index (κ2) is 31.4. The maximum absolute atomic E-state index is 11.3. The lowest BCUT2D eigenvalue weighted by Crippen LogP contribution is -2.52. The van der Waals surface area contributed by atoms with Gasteiger partial charge in [0.2, 0.25) is 11.8 Å². The van der Waals surface area contributed by atoms with E-state index in [0.717, 1.165) is 32.4 Å². The van der Waals surface area contributed by atoms with Gasteiger partial charge in [-0.05, 0) is 51.0 Å². The van der Waals surface area contributed by atoms with Crippen molar-refractivity contribution in [3.05, 3.63) is 72.9 Å². The van der Waals surface area contributed by atoms with Gasteiger partial charge in [-0.2, -0.15) is 0 Å². The second-order valence-corrected chi connectivity index (χ2v) is 9.87. The standard InChI is InChI=1S/2C14H23NO.B8/c2*1-4-5-6-7-8-9-10-11-14(16)15-12-13(2)3;1-6(2)8(5)7(3)4/h4-7,10-11,13H,8-9,12H2,1-3H3,(H,15,16);4-7,9-10,13H,8,11-12H2,1-3H3,(H,15,16);/b5-4+,7-6-,11-10+;5-4+,7-6-,10-9+;. The Labute approximate surface area is 254 Å². The fraction of sp³-hybridized carbons (Fsp3) is 0.500. The Kier molecular flexibility index (Phi) is 33.3. The molecule has 0 aromatic rings. The first-order valence-electron chi connectivity index (χ1n) is 14.1. The summed E-state index contributed by atoms with van der Waals surface area (Å²) in [5.74, 6) is 1.12. The van der Waals surface area contributed by atoms with E-state index in [2.05, 4.69) is 50.5 Å². The number of amides is 2. The summed E-state index contributed by atoms with van der Waals surface area (Å²) >= 11 is 0. The van der Waals surface area contributed by atoms with Crippen LogP contribution in [0.5, 0.6) is 0 Å². The van der Waals surface area contributed by atoms with E-state index in [-0.39, 0.29) is 11.8 Å². The van der Waals surface area contributed by atoms with Gasteiger partial charge in [-0.1, -0.05) is 94.5 Å². The lowest BCUT2D eigenvalue weighted by molar-refractivity contribution is -0.120. The molecule has 0 unspecified atom stereocenters. The van der Waals surface area contributed by atoms with Crippen molar-refractivity contribution in [1.29, 1.82) is 0 Å². The summed E-state index contributed by atoms with van der Waals surface area (Å²) in [6.45, 7) is 13.8. The maximum atomic E-state index is 11.3. The highest BCUT2D eigenvalue weighted by molar-refractivity contribution is 7.89. The third-order valence-corrected chi connectivity index (χ3v) is 4.67. The van der Waals surface area contributed by atoms with Crippen LogP contribution in [0.4, 0.5) is 0 Å². The van der Waals surface area contributed by atoms with Crippen molar-refractivity contribution in [3.8, 4) is 0 Å². The van der Waals surface area contributed by atoms with Gasteiger partial charge in [0.1, 0.15) is 0 Å². The van der Waals surface area contributed by atoms with Gasteiger partial charge in [-0.15, -0.1) is 0 Å². The van der Waals surface area contributed by atoms with Crippen LogP contribution in [0.1, 0.15) is 67.2 Å². The Morgan fingerprint density at radius 2 is 1.18 bits per heavy atom. The van der Waals surface area contributed by atoms with E-state index < -0.39 is 19.2 Å². The van der Waals surface area contributed by atoms with Gasteiger partial charge in [0.15, 0.2) is 0 Å². The van der Waals surface area contributed by atoms with Crippen molar-refractivity contribution in [3.63, 3.8) is 0 Å². The monoisotopic (exact) mass is 530 g/mol. The molecule has 2 amide bonds. The molecule has 0 aliphatic heterocycles. The first-order chi connectivity index (χ1) is 18.9. The second-order valence-electron chi connectivity index (χ2n) is 9.87. The minimum absolute atomic E-state index is 0.00568. The first-order valence-corrected chi connectivity index (χ1v) is 14.1.